The van der Waals surface area contributed by atoms with E-state index in [-0.39, 0.29) is 18.6 Å². The van der Waals surface area contributed by atoms with Gasteiger partial charge in [-0.25, -0.2) is 4.79 Å². The van der Waals surface area contributed by atoms with Crippen molar-refractivity contribution in [2.24, 2.45) is 11.8 Å². The molecule has 110 valence electrons. The maximum absolute atomic E-state index is 11.7. The van der Waals surface area contributed by atoms with Crippen molar-refractivity contribution >= 4 is 12.0 Å². The Hall–Kier alpha value is -1.30. The summed E-state index contributed by atoms with van der Waals surface area (Å²) in [5.74, 6) is -1.10. The van der Waals surface area contributed by atoms with Crippen LogP contribution in [-0.4, -0.2) is 42.9 Å². The van der Waals surface area contributed by atoms with Crippen molar-refractivity contribution in [3.8, 4) is 0 Å². The van der Waals surface area contributed by atoms with Crippen LogP contribution in [0.1, 0.15) is 33.1 Å². The van der Waals surface area contributed by atoms with Crippen LogP contribution in [-0.2, 0) is 9.53 Å². The molecular formula is C13H24N2O4. The summed E-state index contributed by atoms with van der Waals surface area (Å²) < 4.78 is 5.21. The molecule has 6 heteroatoms. The molecule has 0 radical (unpaired) electrons. The summed E-state index contributed by atoms with van der Waals surface area (Å²) in [5.41, 5.74) is 0. The van der Waals surface area contributed by atoms with Crippen LogP contribution in [0.4, 0.5) is 4.79 Å². The van der Waals surface area contributed by atoms with E-state index in [0.717, 1.165) is 12.8 Å². The maximum Gasteiger partial charge on any atom is 0.315 e. The van der Waals surface area contributed by atoms with Gasteiger partial charge in [0.2, 0.25) is 0 Å². The topological polar surface area (TPSA) is 87.7 Å². The SMILES string of the molecule is CC(C)CC(CNC(=O)NC1CCOCC1)C(=O)O. The number of carboxylic acids is 1. The van der Waals surface area contributed by atoms with E-state index >= 15 is 0 Å². The van der Waals surface area contributed by atoms with Crippen LogP contribution in [0.25, 0.3) is 0 Å². The molecule has 1 saturated heterocycles. The van der Waals surface area contributed by atoms with E-state index in [1.807, 2.05) is 13.8 Å². The monoisotopic (exact) mass is 272 g/mol. The van der Waals surface area contributed by atoms with Crippen molar-refractivity contribution < 1.29 is 19.4 Å². The molecule has 3 N–H and O–H groups in total. The Morgan fingerprint density at radius 1 is 1.32 bits per heavy atom. The van der Waals surface area contributed by atoms with Crippen LogP contribution < -0.4 is 10.6 Å². The fourth-order valence-corrected chi connectivity index (χ4v) is 2.13. The molecule has 0 bridgehead atoms. The van der Waals surface area contributed by atoms with Gasteiger partial charge >= 0.3 is 12.0 Å². The largest absolute Gasteiger partial charge is 0.481 e. The van der Waals surface area contributed by atoms with E-state index in [2.05, 4.69) is 10.6 Å². The molecule has 0 aromatic heterocycles. The second kappa shape index (κ2) is 7.99. The first-order chi connectivity index (χ1) is 8.99. The highest BCUT2D eigenvalue weighted by atomic mass is 16.5. The predicted molar refractivity (Wildman–Crippen MR) is 71.0 cm³/mol. The minimum absolute atomic E-state index is 0.127. The lowest BCUT2D eigenvalue weighted by Crippen LogP contribution is -2.46. The Bertz CT molecular complexity index is 301. The number of hydrogen-bond donors (Lipinski definition) is 3. The summed E-state index contributed by atoms with van der Waals surface area (Å²) in [7, 11) is 0. The van der Waals surface area contributed by atoms with E-state index in [1.165, 1.54) is 0 Å². The summed E-state index contributed by atoms with van der Waals surface area (Å²) in [4.78, 5) is 22.7. The zero-order valence-electron chi connectivity index (χ0n) is 11.6. The maximum atomic E-state index is 11.7. The average Bonchev–Trinajstić information content (AvgIpc) is 2.35. The van der Waals surface area contributed by atoms with Gasteiger partial charge in [0, 0.05) is 25.8 Å². The number of ether oxygens (including phenoxy) is 1. The number of hydrogen-bond acceptors (Lipinski definition) is 3. The van der Waals surface area contributed by atoms with Gasteiger partial charge in [0.1, 0.15) is 0 Å². The lowest BCUT2D eigenvalue weighted by molar-refractivity contribution is -0.142. The Labute approximate surface area is 113 Å². The van der Waals surface area contributed by atoms with Crippen molar-refractivity contribution in [1.29, 1.82) is 0 Å². The van der Waals surface area contributed by atoms with Gasteiger partial charge in [0.05, 0.1) is 5.92 Å². The van der Waals surface area contributed by atoms with E-state index in [1.54, 1.807) is 0 Å². The van der Waals surface area contributed by atoms with Crippen molar-refractivity contribution in [2.75, 3.05) is 19.8 Å². The minimum atomic E-state index is -0.861. The van der Waals surface area contributed by atoms with Crippen LogP contribution in [0.3, 0.4) is 0 Å². The predicted octanol–water partition coefficient (Wildman–Crippen LogP) is 1.21. The van der Waals surface area contributed by atoms with Gasteiger partial charge in [-0.15, -0.1) is 0 Å². The number of carbonyl (C=O) groups is 2. The smallest absolute Gasteiger partial charge is 0.315 e. The molecule has 1 rings (SSSR count). The number of carboxylic acid groups (broad SMARTS) is 1. The van der Waals surface area contributed by atoms with Gasteiger partial charge in [-0.3, -0.25) is 4.79 Å². The minimum Gasteiger partial charge on any atom is -0.481 e. The first-order valence-electron chi connectivity index (χ1n) is 6.84. The standard InChI is InChI=1S/C13H24N2O4/c1-9(2)7-10(12(16)17)8-14-13(18)15-11-3-5-19-6-4-11/h9-11H,3-8H2,1-2H3,(H,16,17)(H2,14,15,18). The van der Waals surface area contributed by atoms with E-state index < -0.39 is 11.9 Å². The van der Waals surface area contributed by atoms with Gasteiger partial charge in [-0.2, -0.15) is 0 Å². The van der Waals surface area contributed by atoms with Gasteiger partial charge in [0.15, 0.2) is 0 Å². The molecule has 0 spiro atoms. The summed E-state index contributed by atoms with van der Waals surface area (Å²) in [6, 6.07) is -0.163. The van der Waals surface area contributed by atoms with E-state index in [4.69, 9.17) is 9.84 Å². The van der Waals surface area contributed by atoms with E-state index in [0.29, 0.717) is 25.6 Å². The first kappa shape index (κ1) is 15.8. The number of carbonyl (C=O) groups excluding carboxylic acids is 1. The van der Waals surface area contributed by atoms with Gasteiger partial charge < -0.3 is 20.5 Å². The number of nitrogens with one attached hydrogen (secondary N) is 2. The molecule has 0 aliphatic carbocycles. The van der Waals surface area contributed by atoms with Gasteiger partial charge in [0.25, 0.3) is 0 Å². The molecule has 0 aromatic rings. The Morgan fingerprint density at radius 3 is 2.47 bits per heavy atom. The molecule has 6 nitrogen and oxygen atoms in total. The van der Waals surface area contributed by atoms with Crippen LogP contribution in [0, 0.1) is 11.8 Å². The average molecular weight is 272 g/mol. The molecule has 1 heterocycles. The van der Waals surface area contributed by atoms with Crippen molar-refractivity contribution in [3.05, 3.63) is 0 Å². The molecule has 2 amide bonds. The zero-order chi connectivity index (χ0) is 14.3. The molecule has 19 heavy (non-hydrogen) atoms. The fraction of sp³-hybridized carbons (Fsp3) is 0.846. The van der Waals surface area contributed by atoms with Crippen LogP contribution >= 0.6 is 0 Å². The lowest BCUT2D eigenvalue weighted by Gasteiger charge is -2.23. The third kappa shape index (κ3) is 6.42. The molecule has 1 fully saturated rings. The van der Waals surface area contributed by atoms with Crippen molar-refractivity contribution in [1.82, 2.24) is 10.6 Å². The van der Waals surface area contributed by atoms with Crippen LogP contribution in [0.15, 0.2) is 0 Å². The van der Waals surface area contributed by atoms with Crippen LogP contribution in [0.5, 0.6) is 0 Å². The number of aliphatic carboxylic acids is 1. The zero-order valence-corrected chi connectivity index (χ0v) is 11.6. The van der Waals surface area contributed by atoms with Crippen molar-refractivity contribution in [2.45, 2.75) is 39.2 Å². The molecule has 1 atom stereocenters. The Morgan fingerprint density at radius 2 is 1.95 bits per heavy atom. The highest BCUT2D eigenvalue weighted by Gasteiger charge is 2.21. The first-order valence-corrected chi connectivity index (χ1v) is 6.84. The highest BCUT2D eigenvalue weighted by molar-refractivity contribution is 5.76. The highest BCUT2D eigenvalue weighted by Crippen LogP contribution is 2.11. The summed E-state index contributed by atoms with van der Waals surface area (Å²) in [6.07, 6.45) is 2.18. The molecular weight excluding hydrogens is 248 g/mol. The second-order valence-corrected chi connectivity index (χ2v) is 5.41. The third-order valence-corrected chi connectivity index (χ3v) is 3.17. The van der Waals surface area contributed by atoms with Gasteiger partial charge in [-0.1, -0.05) is 13.8 Å². The van der Waals surface area contributed by atoms with Gasteiger partial charge in [-0.05, 0) is 25.2 Å². The number of urea groups is 1. The Balaban J connectivity index is 2.28. The van der Waals surface area contributed by atoms with Crippen LogP contribution in [0.2, 0.25) is 0 Å². The number of rotatable bonds is 6. The molecule has 1 aliphatic heterocycles. The van der Waals surface area contributed by atoms with E-state index in [9.17, 15) is 9.59 Å². The normalized spacial score (nSPS) is 18.1. The lowest BCUT2D eigenvalue weighted by atomic mass is 9.97. The fourth-order valence-electron chi connectivity index (χ4n) is 2.13. The molecule has 1 aliphatic rings. The number of amides is 2. The third-order valence-electron chi connectivity index (χ3n) is 3.17. The van der Waals surface area contributed by atoms with Crippen molar-refractivity contribution in [3.63, 3.8) is 0 Å². The molecule has 0 aromatic carbocycles. The molecule has 1 unspecified atom stereocenters. The summed E-state index contributed by atoms with van der Waals surface area (Å²) in [5, 5.41) is 14.6. The summed E-state index contributed by atoms with van der Waals surface area (Å²) >= 11 is 0. The quantitative estimate of drug-likeness (QED) is 0.678. The second-order valence-electron chi connectivity index (χ2n) is 5.41. The molecule has 0 saturated carbocycles. The summed E-state index contributed by atoms with van der Waals surface area (Å²) in [6.45, 7) is 5.44. The Kier molecular flexibility index (Phi) is 6.62.